The minimum atomic E-state index is -0.320. The molecule has 3 heteroatoms. The molecule has 1 saturated carbocycles. The fourth-order valence-corrected chi connectivity index (χ4v) is 2.00. The van der Waals surface area contributed by atoms with Crippen molar-refractivity contribution >= 4 is 11.6 Å². The van der Waals surface area contributed by atoms with Crippen LogP contribution < -0.4 is 5.32 Å². The summed E-state index contributed by atoms with van der Waals surface area (Å²) < 4.78 is 12.8. The highest BCUT2D eigenvalue weighted by Gasteiger charge is 2.22. The van der Waals surface area contributed by atoms with Crippen LogP contribution in [0.15, 0.2) is 24.3 Å². The fourth-order valence-electron chi connectivity index (χ4n) is 2.00. The van der Waals surface area contributed by atoms with Crippen molar-refractivity contribution in [1.82, 2.24) is 0 Å². The molecule has 15 heavy (non-hydrogen) atoms. The Bertz CT molecular complexity index is 358. The number of amides is 1. The average molecular weight is 207 g/mol. The maximum atomic E-state index is 12.8. The molecule has 1 N–H and O–H groups in total. The first kappa shape index (κ1) is 10.1. The summed E-state index contributed by atoms with van der Waals surface area (Å²) in [6, 6.07) is 6.01. The summed E-state index contributed by atoms with van der Waals surface area (Å²) in [6.07, 6.45) is 4.17. The number of halogens is 1. The minimum absolute atomic E-state index is 0.0260. The molecule has 1 fully saturated rings. The van der Waals surface area contributed by atoms with Gasteiger partial charge in [-0.2, -0.15) is 0 Å². The number of benzene rings is 1. The van der Waals surface area contributed by atoms with Gasteiger partial charge in [0, 0.05) is 11.6 Å². The second-order valence-electron chi connectivity index (χ2n) is 3.98. The van der Waals surface area contributed by atoms with Crippen LogP contribution >= 0.6 is 0 Å². The second-order valence-corrected chi connectivity index (χ2v) is 3.98. The van der Waals surface area contributed by atoms with E-state index in [1.54, 1.807) is 12.1 Å². The molecule has 1 aromatic rings. The summed E-state index contributed by atoms with van der Waals surface area (Å²) in [5.41, 5.74) is 0.548. The lowest BCUT2D eigenvalue weighted by molar-refractivity contribution is -0.119. The van der Waals surface area contributed by atoms with Gasteiger partial charge in [-0.25, -0.2) is 4.39 Å². The maximum absolute atomic E-state index is 12.8. The molecule has 0 atom stereocenters. The highest BCUT2D eigenvalue weighted by Crippen LogP contribution is 2.26. The predicted octanol–water partition coefficient (Wildman–Crippen LogP) is 2.95. The first-order valence-corrected chi connectivity index (χ1v) is 5.32. The van der Waals surface area contributed by atoms with Crippen molar-refractivity contribution < 1.29 is 9.18 Å². The van der Waals surface area contributed by atoms with Crippen molar-refractivity contribution in [3.8, 4) is 0 Å². The van der Waals surface area contributed by atoms with Gasteiger partial charge in [0.25, 0.3) is 0 Å². The highest BCUT2D eigenvalue weighted by molar-refractivity contribution is 5.92. The Kier molecular flexibility index (Phi) is 2.99. The zero-order valence-electron chi connectivity index (χ0n) is 8.50. The van der Waals surface area contributed by atoms with E-state index in [2.05, 4.69) is 5.32 Å². The monoisotopic (exact) mass is 207 g/mol. The molecule has 0 radical (unpaired) electrons. The standard InChI is InChI=1S/C12H14FNO/c13-10-6-3-7-11(8-10)14-12(15)9-4-1-2-5-9/h3,6-9H,1-2,4-5H2,(H,14,15). The number of anilines is 1. The molecule has 0 bridgehead atoms. The molecule has 2 nitrogen and oxygen atoms in total. The summed E-state index contributed by atoms with van der Waals surface area (Å²) in [5, 5.41) is 2.75. The number of carbonyl (C=O) groups is 1. The van der Waals surface area contributed by atoms with Crippen LogP contribution in [-0.2, 0) is 4.79 Å². The van der Waals surface area contributed by atoms with Gasteiger partial charge in [0.2, 0.25) is 5.91 Å². The largest absolute Gasteiger partial charge is 0.326 e. The van der Waals surface area contributed by atoms with Crippen molar-refractivity contribution in [1.29, 1.82) is 0 Å². The van der Waals surface area contributed by atoms with E-state index in [1.807, 2.05) is 0 Å². The summed E-state index contributed by atoms with van der Waals surface area (Å²) in [6.45, 7) is 0. The first-order chi connectivity index (χ1) is 7.25. The molecular weight excluding hydrogens is 193 g/mol. The Morgan fingerprint density at radius 2 is 2.07 bits per heavy atom. The third-order valence-electron chi connectivity index (χ3n) is 2.82. The van der Waals surface area contributed by atoms with Crippen LogP contribution in [0.1, 0.15) is 25.7 Å². The molecule has 1 aliphatic rings. The maximum Gasteiger partial charge on any atom is 0.227 e. The molecule has 1 amide bonds. The van der Waals surface area contributed by atoms with Crippen LogP contribution in [0.3, 0.4) is 0 Å². The first-order valence-electron chi connectivity index (χ1n) is 5.32. The van der Waals surface area contributed by atoms with E-state index in [0.29, 0.717) is 5.69 Å². The summed E-state index contributed by atoms with van der Waals surface area (Å²) in [7, 11) is 0. The van der Waals surface area contributed by atoms with Crippen molar-refractivity contribution in [2.75, 3.05) is 5.32 Å². The fraction of sp³-hybridized carbons (Fsp3) is 0.417. The van der Waals surface area contributed by atoms with E-state index in [1.165, 1.54) is 12.1 Å². The summed E-state index contributed by atoms with van der Waals surface area (Å²) in [4.78, 5) is 11.7. The molecular formula is C12H14FNO. The lowest BCUT2D eigenvalue weighted by Gasteiger charge is -2.09. The predicted molar refractivity (Wildman–Crippen MR) is 57.0 cm³/mol. The smallest absolute Gasteiger partial charge is 0.227 e. The van der Waals surface area contributed by atoms with Crippen LogP contribution in [-0.4, -0.2) is 5.91 Å². The molecule has 1 aromatic carbocycles. The summed E-state index contributed by atoms with van der Waals surface area (Å²) >= 11 is 0. The lowest BCUT2D eigenvalue weighted by atomic mass is 10.1. The molecule has 0 aliphatic heterocycles. The highest BCUT2D eigenvalue weighted by atomic mass is 19.1. The van der Waals surface area contributed by atoms with Crippen LogP contribution in [0.2, 0.25) is 0 Å². The van der Waals surface area contributed by atoms with Crippen LogP contribution in [0.5, 0.6) is 0 Å². The molecule has 0 unspecified atom stereocenters. The molecule has 2 rings (SSSR count). The van der Waals surface area contributed by atoms with E-state index in [4.69, 9.17) is 0 Å². The van der Waals surface area contributed by atoms with Crippen molar-refractivity contribution in [2.45, 2.75) is 25.7 Å². The third kappa shape index (κ3) is 2.55. The van der Waals surface area contributed by atoms with Gasteiger partial charge < -0.3 is 5.32 Å². The Morgan fingerprint density at radius 1 is 1.33 bits per heavy atom. The van der Waals surface area contributed by atoms with Crippen molar-refractivity contribution in [2.24, 2.45) is 5.92 Å². The molecule has 0 aromatic heterocycles. The van der Waals surface area contributed by atoms with Crippen molar-refractivity contribution in [3.63, 3.8) is 0 Å². The summed E-state index contributed by atoms with van der Waals surface area (Å²) in [5.74, 6) is -0.175. The number of hydrogen-bond acceptors (Lipinski definition) is 1. The van der Waals surface area contributed by atoms with Crippen LogP contribution in [0.4, 0.5) is 10.1 Å². The van der Waals surface area contributed by atoms with Gasteiger partial charge in [-0.3, -0.25) is 4.79 Å². The van der Waals surface area contributed by atoms with Crippen LogP contribution in [0, 0.1) is 11.7 Å². The normalized spacial score (nSPS) is 16.6. The number of nitrogens with one attached hydrogen (secondary N) is 1. The van der Waals surface area contributed by atoms with E-state index >= 15 is 0 Å². The topological polar surface area (TPSA) is 29.1 Å². The van der Waals surface area contributed by atoms with Crippen LogP contribution in [0.25, 0.3) is 0 Å². The average Bonchev–Trinajstić information content (AvgIpc) is 2.70. The van der Waals surface area contributed by atoms with E-state index in [-0.39, 0.29) is 17.6 Å². The Labute approximate surface area is 88.5 Å². The number of rotatable bonds is 2. The van der Waals surface area contributed by atoms with Gasteiger partial charge in [-0.15, -0.1) is 0 Å². The Morgan fingerprint density at radius 3 is 2.73 bits per heavy atom. The third-order valence-corrected chi connectivity index (χ3v) is 2.82. The van der Waals surface area contributed by atoms with Gasteiger partial charge in [0.05, 0.1) is 0 Å². The van der Waals surface area contributed by atoms with Gasteiger partial charge >= 0.3 is 0 Å². The Hall–Kier alpha value is -1.38. The quantitative estimate of drug-likeness (QED) is 0.793. The van der Waals surface area contributed by atoms with Gasteiger partial charge in [-0.05, 0) is 31.0 Å². The SMILES string of the molecule is O=C(Nc1cccc(F)c1)C1CCCC1. The lowest BCUT2D eigenvalue weighted by Crippen LogP contribution is -2.20. The molecule has 0 spiro atoms. The molecule has 0 saturated heterocycles. The molecule has 1 aliphatic carbocycles. The van der Waals surface area contributed by atoms with Gasteiger partial charge in [0.15, 0.2) is 0 Å². The van der Waals surface area contributed by atoms with E-state index in [9.17, 15) is 9.18 Å². The molecule has 80 valence electrons. The zero-order chi connectivity index (χ0) is 10.7. The van der Waals surface area contributed by atoms with Gasteiger partial charge in [0.1, 0.15) is 5.82 Å². The van der Waals surface area contributed by atoms with Gasteiger partial charge in [-0.1, -0.05) is 18.9 Å². The Balaban J connectivity index is 1.99. The molecule has 0 heterocycles. The second kappa shape index (κ2) is 4.43. The minimum Gasteiger partial charge on any atom is -0.326 e. The van der Waals surface area contributed by atoms with Crippen molar-refractivity contribution in [3.05, 3.63) is 30.1 Å². The van der Waals surface area contributed by atoms with E-state index in [0.717, 1.165) is 25.7 Å². The van der Waals surface area contributed by atoms with E-state index < -0.39 is 0 Å². The number of hydrogen-bond donors (Lipinski definition) is 1. The zero-order valence-corrected chi connectivity index (χ0v) is 8.50. The number of carbonyl (C=O) groups excluding carboxylic acids is 1.